The first kappa shape index (κ1) is 16.7. The maximum atomic E-state index is 11.3. The topological polar surface area (TPSA) is 74.6 Å². The van der Waals surface area contributed by atoms with Gasteiger partial charge in [0, 0.05) is 0 Å². The molecule has 1 aromatic rings. The fraction of sp³-hybridized carbons (Fsp3) is 0.333. The summed E-state index contributed by atoms with van der Waals surface area (Å²) >= 11 is 0. The Bertz CT molecular complexity index is 375. The van der Waals surface area contributed by atoms with Crippen LogP contribution in [0, 0.1) is 0 Å². The van der Waals surface area contributed by atoms with Gasteiger partial charge in [-0.15, -0.1) is 0 Å². The van der Waals surface area contributed by atoms with Gasteiger partial charge in [-0.25, -0.2) is 0 Å². The minimum atomic E-state index is -1.82. The Morgan fingerprint density at radius 1 is 1.12 bits per heavy atom. The van der Waals surface area contributed by atoms with E-state index in [0.29, 0.717) is 12.0 Å². The molecule has 0 saturated carbocycles. The van der Waals surface area contributed by atoms with Crippen LogP contribution in [0.2, 0.25) is 0 Å². The third-order valence-corrected chi connectivity index (χ3v) is 2.62. The van der Waals surface area contributed by atoms with Gasteiger partial charge in [-0.1, -0.05) is 43.7 Å². The molecule has 4 nitrogen and oxygen atoms in total. The Morgan fingerprint density at radius 2 is 1.59 bits per heavy atom. The monoisotopic (exact) mass is 362 g/mol. The molecule has 0 aliphatic heterocycles. The third kappa shape index (κ3) is 3.36. The van der Waals surface area contributed by atoms with Crippen LogP contribution >= 0.6 is 0 Å². The van der Waals surface area contributed by atoms with Crippen LogP contribution < -0.4 is 0 Å². The number of hydrogen-bond acceptors (Lipinski definition) is 2. The zero-order valence-electron chi connectivity index (χ0n) is 9.01. The van der Waals surface area contributed by atoms with E-state index >= 15 is 0 Å². The molecule has 5 heteroatoms. The molecule has 0 radical (unpaired) electrons. The Balaban J connectivity index is 0.00000256. The molecule has 0 bridgehead atoms. The molecule has 0 amide bonds. The summed E-state index contributed by atoms with van der Waals surface area (Å²) in [6, 6.07) is 8.09. The standard InChI is InChI=1S/C12H14O4.Ba.2H/c1-2-8-12(10(13)14,11(15)16)9-6-4-3-5-7-9;;;/h3-7H,2,8H2,1H3,(H,13,14)(H,15,16);;;. The summed E-state index contributed by atoms with van der Waals surface area (Å²) in [4.78, 5) is 22.5. The number of carboxylic acid groups (broad SMARTS) is 2. The summed E-state index contributed by atoms with van der Waals surface area (Å²) < 4.78 is 0. The summed E-state index contributed by atoms with van der Waals surface area (Å²) in [6.07, 6.45) is 0.579. The molecule has 0 atom stereocenters. The van der Waals surface area contributed by atoms with E-state index in [4.69, 9.17) is 0 Å². The first-order valence-corrected chi connectivity index (χ1v) is 5.08. The molecule has 1 rings (SSSR count). The second kappa shape index (κ2) is 7.23. The van der Waals surface area contributed by atoms with Gasteiger partial charge < -0.3 is 10.2 Å². The van der Waals surface area contributed by atoms with Crippen molar-refractivity contribution < 1.29 is 19.8 Å². The van der Waals surface area contributed by atoms with Crippen molar-refractivity contribution in [1.82, 2.24) is 0 Å². The van der Waals surface area contributed by atoms with Crippen molar-refractivity contribution in [3.05, 3.63) is 35.9 Å². The van der Waals surface area contributed by atoms with Gasteiger partial charge in [0.25, 0.3) is 0 Å². The fourth-order valence-electron chi connectivity index (χ4n) is 1.79. The Kier molecular flexibility index (Phi) is 7.11. The number of hydrogen-bond donors (Lipinski definition) is 2. The Morgan fingerprint density at radius 3 is 1.94 bits per heavy atom. The summed E-state index contributed by atoms with van der Waals surface area (Å²) in [7, 11) is 0. The van der Waals surface area contributed by atoms with Crippen molar-refractivity contribution in [2.75, 3.05) is 0 Å². The van der Waals surface area contributed by atoms with Crippen LogP contribution in [-0.2, 0) is 15.0 Å². The predicted molar refractivity (Wildman–Crippen MR) is 66.8 cm³/mol. The van der Waals surface area contributed by atoms with Crippen molar-refractivity contribution >= 4 is 60.8 Å². The van der Waals surface area contributed by atoms with Crippen molar-refractivity contribution in [2.24, 2.45) is 0 Å². The fourth-order valence-corrected chi connectivity index (χ4v) is 1.79. The number of rotatable bonds is 5. The molecular formula is C12H16BaO4. The molecule has 0 aromatic heterocycles. The first-order valence-electron chi connectivity index (χ1n) is 5.08. The van der Waals surface area contributed by atoms with Gasteiger partial charge in [0.15, 0.2) is 5.41 Å². The first-order chi connectivity index (χ1) is 7.55. The number of aliphatic carboxylic acids is 2. The van der Waals surface area contributed by atoms with Crippen molar-refractivity contribution in [3.8, 4) is 0 Å². The minimum absolute atomic E-state index is 0. The van der Waals surface area contributed by atoms with Gasteiger partial charge in [-0.05, 0) is 12.0 Å². The maximum absolute atomic E-state index is 11.3. The van der Waals surface area contributed by atoms with Crippen LogP contribution in [0.3, 0.4) is 0 Å². The quantitative estimate of drug-likeness (QED) is 0.605. The van der Waals surface area contributed by atoms with Gasteiger partial charge >= 0.3 is 60.8 Å². The van der Waals surface area contributed by atoms with E-state index in [9.17, 15) is 19.8 Å². The molecule has 1 aromatic carbocycles. The number of carboxylic acids is 2. The van der Waals surface area contributed by atoms with E-state index < -0.39 is 17.4 Å². The van der Waals surface area contributed by atoms with E-state index in [0.717, 1.165) is 0 Å². The van der Waals surface area contributed by atoms with Gasteiger partial charge in [-0.2, -0.15) is 0 Å². The molecule has 0 heterocycles. The van der Waals surface area contributed by atoms with E-state index in [1.54, 1.807) is 25.1 Å². The molecule has 2 N–H and O–H groups in total. The summed E-state index contributed by atoms with van der Waals surface area (Å²) in [5, 5.41) is 18.4. The molecule has 0 spiro atoms. The van der Waals surface area contributed by atoms with Crippen LogP contribution in [0.4, 0.5) is 0 Å². The normalized spacial score (nSPS) is 10.4. The Labute approximate surface area is 140 Å². The average Bonchev–Trinajstić information content (AvgIpc) is 2.26. The zero-order chi connectivity index (χ0) is 12.2. The van der Waals surface area contributed by atoms with Crippen molar-refractivity contribution in [1.29, 1.82) is 0 Å². The molecule has 0 aliphatic carbocycles. The van der Waals surface area contributed by atoms with Gasteiger partial charge in [0.1, 0.15) is 0 Å². The van der Waals surface area contributed by atoms with E-state index in [1.165, 1.54) is 12.1 Å². The number of carbonyl (C=O) groups is 2. The van der Waals surface area contributed by atoms with Gasteiger partial charge in [0.05, 0.1) is 0 Å². The van der Waals surface area contributed by atoms with Crippen LogP contribution in [0.25, 0.3) is 0 Å². The predicted octanol–water partition coefficient (Wildman–Crippen LogP) is 0.978. The third-order valence-electron chi connectivity index (χ3n) is 2.62. The van der Waals surface area contributed by atoms with Crippen LogP contribution in [0.15, 0.2) is 30.3 Å². The van der Waals surface area contributed by atoms with E-state index in [-0.39, 0.29) is 55.3 Å². The van der Waals surface area contributed by atoms with Crippen molar-refractivity contribution in [3.63, 3.8) is 0 Å². The molecule has 0 aliphatic rings. The molecule has 0 unspecified atom stereocenters. The van der Waals surface area contributed by atoms with Crippen molar-refractivity contribution in [2.45, 2.75) is 25.2 Å². The molecular weight excluding hydrogens is 345 g/mol. The summed E-state index contributed by atoms with van der Waals surface area (Å²) in [5.74, 6) is -2.62. The SMILES string of the molecule is CCCC(C(=O)O)(C(=O)O)c1ccccc1.[BaH2]. The molecule has 17 heavy (non-hydrogen) atoms. The van der Waals surface area contributed by atoms with E-state index in [1.807, 2.05) is 0 Å². The number of benzene rings is 1. The molecule has 0 fully saturated rings. The van der Waals surface area contributed by atoms with E-state index in [2.05, 4.69) is 0 Å². The Hall–Kier alpha value is -0.269. The molecule has 90 valence electrons. The van der Waals surface area contributed by atoms with Gasteiger partial charge in [0.2, 0.25) is 0 Å². The second-order valence-electron chi connectivity index (χ2n) is 3.63. The van der Waals surface area contributed by atoms with Gasteiger partial charge in [-0.3, -0.25) is 9.59 Å². The zero-order valence-corrected chi connectivity index (χ0v) is 9.01. The summed E-state index contributed by atoms with van der Waals surface area (Å²) in [6.45, 7) is 1.77. The second-order valence-corrected chi connectivity index (χ2v) is 3.63. The van der Waals surface area contributed by atoms with Crippen LogP contribution in [0.5, 0.6) is 0 Å². The summed E-state index contributed by atoms with van der Waals surface area (Å²) in [5.41, 5.74) is -1.51. The average molecular weight is 362 g/mol. The van der Waals surface area contributed by atoms with Crippen LogP contribution in [-0.4, -0.2) is 71.0 Å². The molecule has 0 saturated heterocycles. The van der Waals surface area contributed by atoms with Crippen LogP contribution in [0.1, 0.15) is 25.3 Å².